The molecule has 1 rings (SSSR count). The lowest BCUT2D eigenvalue weighted by Gasteiger charge is -2.05. The number of aryl methyl sites for hydroxylation is 2. The molecule has 0 amide bonds. The molecule has 2 heteroatoms. The van der Waals surface area contributed by atoms with Crippen LogP contribution in [0.15, 0.2) is 6.07 Å². The highest BCUT2D eigenvalue weighted by Gasteiger charge is 2.01. The molecule has 1 heterocycles. The fourth-order valence-corrected chi connectivity index (χ4v) is 1.14. The van der Waals surface area contributed by atoms with Crippen molar-refractivity contribution >= 4 is 0 Å². The molecule has 0 aliphatic carbocycles. The summed E-state index contributed by atoms with van der Waals surface area (Å²) in [6.45, 7) is 5.98. The van der Waals surface area contributed by atoms with Crippen LogP contribution in [0.1, 0.15) is 22.5 Å². The van der Waals surface area contributed by atoms with Crippen LogP contribution < -0.4 is 0 Å². The molecule has 0 bridgehead atoms. The number of pyridine rings is 1. The Kier molecular flexibility index (Phi) is 2.25. The second-order valence-corrected chi connectivity index (χ2v) is 2.79. The van der Waals surface area contributed by atoms with Gasteiger partial charge in [-0.05, 0) is 38.0 Å². The van der Waals surface area contributed by atoms with Gasteiger partial charge in [0, 0.05) is 11.4 Å². The van der Waals surface area contributed by atoms with Crippen molar-refractivity contribution in [3.05, 3.63) is 28.6 Å². The van der Waals surface area contributed by atoms with Gasteiger partial charge in [0.05, 0.1) is 6.61 Å². The molecule has 0 fully saturated rings. The molecule has 0 aliphatic rings. The summed E-state index contributed by atoms with van der Waals surface area (Å²) in [6.07, 6.45) is 0. The van der Waals surface area contributed by atoms with E-state index in [4.69, 9.17) is 5.11 Å². The summed E-state index contributed by atoms with van der Waals surface area (Å²) in [5.74, 6) is 0. The van der Waals surface area contributed by atoms with E-state index in [0.717, 1.165) is 22.5 Å². The van der Waals surface area contributed by atoms with Crippen molar-refractivity contribution in [3.8, 4) is 0 Å². The lowest BCUT2D eigenvalue weighted by Crippen LogP contribution is -1.96. The molecule has 60 valence electrons. The van der Waals surface area contributed by atoms with Gasteiger partial charge in [-0.3, -0.25) is 4.98 Å². The minimum absolute atomic E-state index is 0.107. The standard InChI is InChI=1S/C9H13NO/c1-6-4-9(5-11)7(2)8(3)10-6/h4,11H,5H2,1-3H3. The minimum atomic E-state index is 0.107. The first-order chi connectivity index (χ1) is 5.15. The summed E-state index contributed by atoms with van der Waals surface area (Å²) >= 11 is 0. The molecule has 1 aromatic heterocycles. The van der Waals surface area contributed by atoms with Gasteiger partial charge < -0.3 is 5.11 Å². The van der Waals surface area contributed by atoms with E-state index in [1.54, 1.807) is 0 Å². The van der Waals surface area contributed by atoms with E-state index in [2.05, 4.69) is 4.98 Å². The maximum atomic E-state index is 8.94. The molecule has 0 radical (unpaired) electrons. The highest BCUT2D eigenvalue weighted by atomic mass is 16.3. The number of aliphatic hydroxyl groups excluding tert-OH is 1. The fourth-order valence-electron chi connectivity index (χ4n) is 1.14. The molecule has 0 saturated carbocycles. The van der Waals surface area contributed by atoms with Crippen LogP contribution >= 0.6 is 0 Å². The lowest BCUT2D eigenvalue weighted by atomic mass is 10.1. The summed E-state index contributed by atoms with van der Waals surface area (Å²) in [4.78, 5) is 4.27. The number of aromatic nitrogens is 1. The highest BCUT2D eigenvalue weighted by Crippen LogP contribution is 2.11. The Bertz CT molecular complexity index is 269. The number of nitrogens with zero attached hydrogens (tertiary/aromatic N) is 1. The Hall–Kier alpha value is -0.890. The number of rotatable bonds is 1. The van der Waals surface area contributed by atoms with Crippen molar-refractivity contribution in [1.29, 1.82) is 0 Å². The third kappa shape index (κ3) is 1.57. The lowest BCUT2D eigenvalue weighted by molar-refractivity contribution is 0.280. The van der Waals surface area contributed by atoms with Gasteiger partial charge in [-0.15, -0.1) is 0 Å². The maximum absolute atomic E-state index is 8.94. The monoisotopic (exact) mass is 151 g/mol. The predicted octanol–water partition coefficient (Wildman–Crippen LogP) is 1.50. The Morgan fingerprint density at radius 3 is 2.55 bits per heavy atom. The van der Waals surface area contributed by atoms with Crippen LogP contribution in [0.2, 0.25) is 0 Å². The van der Waals surface area contributed by atoms with E-state index >= 15 is 0 Å². The third-order valence-electron chi connectivity index (χ3n) is 1.92. The quantitative estimate of drug-likeness (QED) is 0.659. The Labute approximate surface area is 66.9 Å². The second-order valence-electron chi connectivity index (χ2n) is 2.79. The first-order valence-corrected chi connectivity index (χ1v) is 3.69. The van der Waals surface area contributed by atoms with Crippen molar-refractivity contribution in [2.75, 3.05) is 0 Å². The topological polar surface area (TPSA) is 33.1 Å². The van der Waals surface area contributed by atoms with Gasteiger partial charge in [-0.1, -0.05) is 0 Å². The largest absolute Gasteiger partial charge is 0.392 e. The number of hydrogen-bond donors (Lipinski definition) is 1. The average Bonchev–Trinajstić information content (AvgIpc) is 1.96. The number of hydrogen-bond acceptors (Lipinski definition) is 2. The summed E-state index contributed by atoms with van der Waals surface area (Å²) in [6, 6.07) is 1.92. The molecule has 11 heavy (non-hydrogen) atoms. The highest BCUT2D eigenvalue weighted by molar-refractivity contribution is 5.29. The Morgan fingerprint density at radius 2 is 2.00 bits per heavy atom. The molecule has 0 spiro atoms. The predicted molar refractivity (Wildman–Crippen MR) is 44.4 cm³/mol. The molecule has 0 atom stereocenters. The normalized spacial score (nSPS) is 10.2. The maximum Gasteiger partial charge on any atom is 0.0685 e. The molecule has 0 aromatic carbocycles. The van der Waals surface area contributed by atoms with Crippen LogP contribution in [-0.2, 0) is 6.61 Å². The molecule has 0 aliphatic heterocycles. The zero-order valence-corrected chi connectivity index (χ0v) is 7.18. The zero-order valence-electron chi connectivity index (χ0n) is 7.18. The smallest absolute Gasteiger partial charge is 0.0685 e. The van der Waals surface area contributed by atoms with E-state index in [0.29, 0.717) is 0 Å². The van der Waals surface area contributed by atoms with E-state index in [-0.39, 0.29) is 6.61 Å². The van der Waals surface area contributed by atoms with Crippen molar-refractivity contribution in [1.82, 2.24) is 4.98 Å². The first kappa shape index (κ1) is 8.21. The first-order valence-electron chi connectivity index (χ1n) is 3.69. The van der Waals surface area contributed by atoms with Crippen LogP contribution in [-0.4, -0.2) is 10.1 Å². The summed E-state index contributed by atoms with van der Waals surface area (Å²) in [5.41, 5.74) is 4.05. The summed E-state index contributed by atoms with van der Waals surface area (Å²) in [7, 11) is 0. The zero-order chi connectivity index (χ0) is 8.43. The summed E-state index contributed by atoms with van der Waals surface area (Å²) < 4.78 is 0. The second kappa shape index (κ2) is 3.01. The summed E-state index contributed by atoms with van der Waals surface area (Å²) in [5, 5.41) is 8.94. The molecule has 2 nitrogen and oxygen atoms in total. The van der Waals surface area contributed by atoms with Gasteiger partial charge in [0.15, 0.2) is 0 Å². The molecule has 0 saturated heterocycles. The SMILES string of the molecule is Cc1cc(CO)c(C)c(C)n1. The van der Waals surface area contributed by atoms with Crippen molar-refractivity contribution in [2.24, 2.45) is 0 Å². The van der Waals surface area contributed by atoms with Gasteiger partial charge >= 0.3 is 0 Å². The van der Waals surface area contributed by atoms with Crippen molar-refractivity contribution in [3.63, 3.8) is 0 Å². The van der Waals surface area contributed by atoms with E-state index in [9.17, 15) is 0 Å². The Morgan fingerprint density at radius 1 is 1.36 bits per heavy atom. The van der Waals surface area contributed by atoms with E-state index in [1.165, 1.54) is 0 Å². The van der Waals surface area contributed by atoms with Crippen LogP contribution in [0.3, 0.4) is 0 Å². The van der Waals surface area contributed by atoms with Gasteiger partial charge in [-0.2, -0.15) is 0 Å². The number of aliphatic hydroxyl groups is 1. The van der Waals surface area contributed by atoms with Gasteiger partial charge in [-0.25, -0.2) is 0 Å². The molecular formula is C9H13NO. The van der Waals surface area contributed by atoms with Gasteiger partial charge in [0.1, 0.15) is 0 Å². The van der Waals surface area contributed by atoms with Crippen LogP contribution in [0, 0.1) is 20.8 Å². The molecule has 0 unspecified atom stereocenters. The van der Waals surface area contributed by atoms with Gasteiger partial charge in [0.25, 0.3) is 0 Å². The fraction of sp³-hybridized carbons (Fsp3) is 0.444. The molecular weight excluding hydrogens is 138 g/mol. The van der Waals surface area contributed by atoms with Crippen LogP contribution in [0.4, 0.5) is 0 Å². The Balaban J connectivity index is 3.24. The average molecular weight is 151 g/mol. The van der Waals surface area contributed by atoms with Crippen molar-refractivity contribution < 1.29 is 5.11 Å². The van der Waals surface area contributed by atoms with Gasteiger partial charge in [0.2, 0.25) is 0 Å². The van der Waals surface area contributed by atoms with Crippen LogP contribution in [0.25, 0.3) is 0 Å². The molecule has 1 N–H and O–H groups in total. The van der Waals surface area contributed by atoms with Crippen molar-refractivity contribution in [2.45, 2.75) is 27.4 Å². The van der Waals surface area contributed by atoms with Crippen LogP contribution in [0.5, 0.6) is 0 Å². The minimum Gasteiger partial charge on any atom is -0.392 e. The third-order valence-corrected chi connectivity index (χ3v) is 1.92. The molecule has 1 aromatic rings. The van der Waals surface area contributed by atoms with E-state index in [1.807, 2.05) is 26.8 Å². The van der Waals surface area contributed by atoms with E-state index < -0.39 is 0 Å².